The van der Waals surface area contributed by atoms with Crippen molar-refractivity contribution in [1.29, 1.82) is 0 Å². The van der Waals surface area contributed by atoms with Crippen molar-refractivity contribution in [3.63, 3.8) is 0 Å². The van der Waals surface area contributed by atoms with E-state index in [1.54, 1.807) is 0 Å². The molecule has 0 N–H and O–H groups in total. The van der Waals surface area contributed by atoms with E-state index in [0.717, 1.165) is 93.4 Å². The number of hydrogen-bond donors (Lipinski definition) is 0. The molecule has 0 bridgehead atoms. The molecule has 36 heavy (non-hydrogen) atoms. The number of aliphatic imine (C=N–C) groups is 2. The van der Waals surface area contributed by atoms with Crippen LogP contribution in [0.1, 0.15) is 115 Å². The molecule has 0 fully saturated rings. The van der Waals surface area contributed by atoms with Gasteiger partial charge in [0.2, 0.25) is 0 Å². The summed E-state index contributed by atoms with van der Waals surface area (Å²) in [6.45, 7) is 13.3. The zero-order valence-electron chi connectivity index (χ0n) is 23.8. The Bertz CT molecular complexity index is 1060. The third kappa shape index (κ3) is 9.42. The maximum atomic E-state index is 5.18. The number of benzene rings is 2. The predicted octanol–water partition coefficient (Wildman–Crippen LogP) is 9.95. The van der Waals surface area contributed by atoms with Crippen molar-refractivity contribution in [2.24, 2.45) is 9.98 Å². The lowest BCUT2D eigenvalue weighted by atomic mass is 9.98. The molecule has 0 aliphatic carbocycles. The fourth-order valence-electron chi connectivity index (χ4n) is 4.59. The van der Waals surface area contributed by atoms with Crippen molar-refractivity contribution in [3.8, 4) is 11.8 Å². The standard InChI is InChI=1S/C34H48N2/c1-7-13-19-33(35-31-23-21-27(15-9-3)29(25-31)17-11-5)34(20-14-8-2)36-32-24-22-28(16-10-4)30(26-32)18-12-6/h21-26H,7-13,15-19H2,1-6H3. The highest BCUT2D eigenvalue weighted by atomic mass is 14.8. The van der Waals surface area contributed by atoms with Crippen LogP contribution in [0.2, 0.25) is 0 Å². The van der Waals surface area contributed by atoms with Crippen LogP contribution in [-0.2, 0) is 25.7 Å². The number of unbranched alkanes of at least 4 members (excludes halogenated alkanes) is 1. The van der Waals surface area contributed by atoms with Gasteiger partial charge in [-0.1, -0.05) is 91.7 Å². The Labute approximate surface area is 221 Å². The first-order valence-electron chi connectivity index (χ1n) is 14.5. The van der Waals surface area contributed by atoms with Gasteiger partial charge in [0.1, 0.15) is 5.71 Å². The largest absolute Gasteiger partial charge is 0.251 e. The SMILES string of the molecule is CCC#CC(=Nc1ccc(CCC)c(CCC)c1)C(CCCC)=Nc1ccc(CCC)c(CCC)c1. The molecule has 0 radical (unpaired) electrons. The summed E-state index contributed by atoms with van der Waals surface area (Å²) < 4.78 is 0. The molecule has 2 aromatic rings. The Balaban J connectivity index is 2.59. The highest BCUT2D eigenvalue weighted by Crippen LogP contribution is 2.24. The molecule has 0 aliphatic rings. The van der Waals surface area contributed by atoms with E-state index in [2.05, 4.69) is 89.8 Å². The molecule has 0 aliphatic heterocycles. The summed E-state index contributed by atoms with van der Waals surface area (Å²) in [6.07, 6.45) is 13.0. The van der Waals surface area contributed by atoms with Gasteiger partial charge in [0, 0.05) is 6.42 Å². The molecule has 0 aromatic heterocycles. The van der Waals surface area contributed by atoms with Gasteiger partial charge in [-0.25, -0.2) is 4.99 Å². The summed E-state index contributed by atoms with van der Waals surface area (Å²) in [4.78, 5) is 10.3. The van der Waals surface area contributed by atoms with E-state index in [-0.39, 0.29) is 0 Å². The van der Waals surface area contributed by atoms with Crippen LogP contribution >= 0.6 is 0 Å². The summed E-state index contributed by atoms with van der Waals surface area (Å²) in [7, 11) is 0. The Morgan fingerprint density at radius 1 is 0.611 bits per heavy atom. The van der Waals surface area contributed by atoms with Crippen molar-refractivity contribution < 1.29 is 0 Å². The molecule has 2 aromatic carbocycles. The van der Waals surface area contributed by atoms with Gasteiger partial charge < -0.3 is 0 Å². The molecule has 194 valence electrons. The monoisotopic (exact) mass is 484 g/mol. The Kier molecular flexibility index (Phi) is 13.9. The van der Waals surface area contributed by atoms with Gasteiger partial charge in [0.15, 0.2) is 0 Å². The van der Waals surface area contributed by atoms with Crippen LogP contribution in [0.25, 0.3) is 0 Å². The van der Waals surface area contributed by atoms with E-state index in [1.807, 2.05) is 0 Å². The maximum absolute atomic E-state index is 5.18. The molecule has 0 saturated heterocycles. The molecule has 0 spiro atoms. The number of hydrogen-bond acceptors (Lipinski definition) is 2. The van der Waals surface area contributed by atoms with E-state index in [1.165, 1.54) is 28.7 Å². The third-order valence-electron chi connectivity index (χ3n) is 6.39. The smallest absolute Gasteiger partial charge is 0.135 e. The maximum Gasteiger partial charge on any atom is 0.135 e. The summed E-state index contributed by atoms with van der Waals surface area (Å²) in [5.41, 5.74) is 9.63. The fraction of sp³-hybridized carbons (Fsp3) is 0.529. The van der Waals surface area contributed by atoms with Crippen LogP contribution in [0, 0.1) is 11.8 Å². The van der Waals surface area contributed by atoms with Crippen LogP contribution in [0.5, 0.6) is 0 Å². The topological polar surface area (TPSA) is 24.7 Å². The lowest BCUT2D eigenvalue weighted by molar-refractivity contribution is 0.838. The van der Waals surface area contributed by atoms with Crippen LogP contribution in [0.4, 0.5) is 11.4 Å². The minimum Gasteiger partial charge on any atom is -0.251 e. The lowest BCUT2D eigenvalue weighted by Crippen LogP contribution is -2.12. The van der Waals surface area contributed by atoms with Gasteiger partial charge >= 0.3 is 0 Å². The summed E-state index contributed by atoms with van der Waals surface area (Å²) >= 11 is 0. The molecule has 0 unspecified atom stereocenters. The van der Waals surface area contributed by atoms with Crippen LogP contribution in [-0.4, -0.2) is 11.4 Å². The molecular formula is C34H48N2. The first-order valence-corrected chi connectivity index (χ1v) is 14.5. The number of nitrogens with zero attached hydrogens (tertiary/aromatic N) is 2. The third-order valence-corrected chi connectivity index (χ3v) is 6.39. The second-order valence-electron chi connectivity index (χ2n) is 9.68. The molecule has 0 atom stereocenters. The number of aryl methyl sites for hydroxylation is 4. The van der Waals surface area contributed by atoms with Crippen molar-refractivity contribution in [1.82, 2.24) is 0 Å². The van der Waals surface area contributed by atoms with Crippen molar-refractivity contribution in [3.05, 3.63) is 58.7 Å². The minimum atomic E-state index is 0.808. The minimum absolute atomic E-state index is 0.808. The van der Waals surface area contributed by atoms with Gasteiger partial charge in [-0.3, -0.25) is 4.99 Å². The highest BCUT2D eigenvalue weighted by molar-refractivity contribution is 6.49. The second-order valence-corrected chi connectivity index (χ2v) is 9.68. The van der Waals surface area contributed by atoms with Crippen LogP contribution < -0.4 is 0 Å². The van der Waals surface area contributed by atoms with Crippen molar-refractivity contribution in [2.75, 3.05) is 0 Å². The molecule has 0 heterocycles. The summed E-state index contributed by atoms with van der Waals surface area (Å²) in [5.74, 6) is 6.66. The Morgan fingerprint density at radius 3 is 1.58 bits per heavy atom. The fourth-order valence-corrected chi connectivity index (χ4v) is 4.59. The van der Waals surface area contributed by atoms with Crippen molar-refractivity contribution >= 4 is 22.8 Å². The van der Waals surface area contributed by atoms with Gasteiger partial charge in [0.25, 0.3) is 0 Å². The molecule has 2 rings (SSSR count). The molecular weight excluding hydrogens is 436 g/mol. The normalized spacial score (nSPS) is 11.9. The second kappa shape index (κ2) is 16.9. The summed E-state index contributed by atoms with van der Waals surface area (Å²) in [6, 6.07) is 13.5. The molecule has 2 heteroatoms. The van der Waals surface area contributed by atoms with E-state index < -0.39 is 0 Å². The Morgan fingerprint density at radius 2 is 1.11 bits per heavy atom. The van der Waals surface area contributed by atoms with Gasteiger partial charge in [0.05, 0.1) is 17.1 Å². The van der Waals surface area contributed by atoms with Crippen LogP contribution in [0.15, 0.2) is 46.4 Å². The average Bonchev–Trinajstić information content (AvgIpc) is 2.88. The van der Waals surface area contributed by atoms with Gasteiger partial charge in [-0.2, -0.15) is 0 Å². The molecule has 0 saturated carbocycles. The van der Waals surface area contributed by atoms with Crippen molar-refractivity contribution in [2.45, 2.75) is 119 Å². The van der Waals surface area contributed by atoms with Gasteiger partial charge in [-0.15, -0.1) is 0 Å². The van der Waals surface area contributed by atoms with E-state index in [9.17, 15) is 0 Å². The van der Waals surface area contributed by atoms with E-state index in [0.29, 0.717) is 0 Å². The number of rotatable bonds is 14. The summed E-state index contributed by atoms with van der Waals surface area (Å²) in [5, 5.41) is 0. The molecule has 0 amide bonds. The first-order chi connectivity index (χ1) is 17.6. The predicted molar refractivity (Wildman–Crippen MR) is 161 cm³/mol. The average molecular weight is 485 g/mol. The quantitative estimate of drug-likeness (QED) is 0.188. The van der Waals surface area contributed by atoms with E-state index in [4.69, 9.17) is 9.98 Å². The first kappa shape index (κ1) is 29.6. The zero-order valence-corrected chi connectivity index (χ0v) is 23.8. The molecule has 2 nitrogen and oxygen atoms in total. The van der Waals surface area contributed by atoms with Gasteiger partial charge in [-0.05, 0) is 91.0 Å². The zero-order chi connectivity index (χ0) is 26.2. The Hall–Kier alpha value is -2.66. The van der Waals surface area contributed by atoms with E-state index >= 15 is 0 Å². The lowest BCUT2D eigenvalue weighted by Gasteiger charge is -2.12. The van der Waals surface area contributed by atoms with Crippen LogP contribution in [0.3, 0.4) is 0 Å². The highest BCUT2D eigenvalue weighted by Gasteiger charge is 2.11.